The van der Waals surface area contributed by atoms with Crippen molar-refractivity contribution in [3.63, 3.8) is 0 Å². The van der Waals surface area contributed by atoms with Crippen LogP contribution in [0.5, 0.6) is 0 Å². The van der Waals surface area contributed by atoms with E-state index in [1.54, 1.807) is 0 Å². The van der Waals surface area contributed by atoms with Crippen LogP contribution in [0.3, 0.4) is 0 Å². The van der Waals surface area contributed by atoms with Gasteiger partial charge < -0.3 is 11.1 Å². The Balaban J connectivity index is 1.93. The van der Waals surface area contributed by atoms with Gasteiger partial charge in [-0.15, -0.1) is 0 Å². The van der Waals surface area contributed by atoms with Crippen molar-refractivity contribution in [2.45, 2.75) is 37.6 Å². The molecule has 2 rings (SSSR count). The molecule has 0 saturated carbocycles. The fraction of sp³-hybridized carbons (Fsp3) is 0.571. The van der Waals surface area contributed by atoms with Crippen LogP contribution in [0.2, 0.25) is 0 Å². The van der Waals surface area contributed by atoms with Crippen molar-refractivity contribution in [2.75, 3.05) is 13.1 Å². The summed E-state index contributed by atoms with van der Waals surface area (Å²) in [6, 6.07) is 6.78. The fourth-order valence-corrected chi connectivity index (χ4v) is 2.55. The fourth-order valence-electron chi connectivity index (χ4n) is 2.55. The van der Waals surface area contributed by atoms with Gasteiger partial charge in [-0.1, -0.05) is 18.6 Å². The van der Waals surface area contributed by atoms with Crippen LogP contribution in [0.15, 0.2) is 24.3 Å². The van der Waals surface area contributed by atoms with Crippen LogP contribution in [0.4, 0.5) is 4.39 Å². The van der Waals surface area contributed by atoms with Crippen LogP contribution in [0, 0.1) is 5.82 Å². The second-order valence-corrected chi connectivity index (χ2v) is 4.99. The van der Waals surface area contributed by atoms with Crippen molar-refractivity contribution < 1.29 is 4.39 Å². The lowest BCUT2D eigenvalue weighted by atomic mass is 9.84. The summed E-state index contributed by atoms with van der Waals surface area (Å²) in [6.45, 7) is 1.76. The van der Waals surface area contributed by atoms with Gasteiger partial charge in [0, 0.05) is 12.1 Å². The van der Waals surface area contributed by atoms with Gasteiger partial charge in [0.05, 0.1) is 0 Å². The molecule has 1 aromatic carbocycles. The van der Waals surface area contributed by atoms with Crippen LogP contribution >= 0.6 is 0 Å². The molecule has 1 heterocycles. The summed E-state index contributed by atoms with van der Waals surface area (Å²) < 4.78 is 12.8. The third kappa shape index (κ3) is 3.27. The number of halogens is 1. The zero-order valence-electron chi connectivity index (χ0n) is 10.2. The monoisotopic (exact) mass is 236 g/mol. The van der Waals surface area contributed by atoms with Gasteiger partial charge in [-0.3, -0.25) is 0 Å². The summed E-state index contributed by atoms with van der Waals surface area (Å²) in [6.07, 6.45) is 5.66. The first-order valence-corrected chi connectivity index (χ1v) is 6.44. The van der Waals surface area contributed by atoms with Crippen molar-refractivity contribution in [3.05, 3.63) is 35.6 Å². The molecule has 94 valence electrons. The normalized spacial score (nSPS) is 24.8. The average Bonchev–Trinajstić information content (AvgIpc) is 2.39. The highest BCUT2D eigenvalue weighted by molar-refractivity contribution is 5.16. The molecular weight excluding hydrogens is 215 g/mol. The number of aryl methyl sites for hydroxylation is 1. The Morgan fingerprint density at radius 2 is 2.00 bits per heavy atom. The maximum atomic E-state index is 12.8. The quantitative estimate of drug-likeness (QED) is 0.841. The first-order valence-electron chi connectivity index (χ1n) is 6.44. The maximum absolute atomic E-state index is 12.8. The van der Waals surface area contributed by atoms with Crippen LogP contribution in [-0.2, 0) is 6.42 Å². The number of rotatable bonds is 4. The lowest BCUT2D eigenvalue weighted by molar-refractivity contribution is 0.245. The van der Waals surface area contributed by atoms with E-state index in [4.69, 9.17) is 5.73 Å². The standard InChI is InChI=1S/C14H21FN2/c15-13-5-3-12(4-6-13)7-9-14(11-16)8-1-2-10-17-14/h3-6,17H,1-2,7-11,16H2. The van der Waals surface area contributed by atoms with Gasteiger partial charge in [-0.05, 0) is 49.9 Å². The summed E-state index contributed by atoms with van der Waals surface area (Å²) in [4.78, 5) is 0. The van der Waals surface area contributed by atoms with Gasteiger partial charge in [-0.2, -0.15) is 0 Å². The van der Waals surface area contributed by atoms with Crippen LogP contribution in [-0.4, -0.2) is 18.6 Å². The van der Waals surface area contributed by atoms with Crippen molar-refractivity contribution >= 4 is 0 Å². The van der Waals surface area contributed by atoms with Gasteiger partial charge in [0.25, 0.3) is 0 Å². The molecule has 1 aliphatic rings. The minimum absolute atomic E-state index is 0.104. The lowest BCUT2D eigenvalue weighted by Crippen LogP contribution is -2.54. The molecule has 1 unspecified atom stereocenters. The Labute approximate surface area is 102 Å². The van der Waals surface area contributed by atoms with E-state index in [2.05, 4.69) is 5.32 Å². The zero-order chi connectivity index (χ0) is 12.1. The molecule has 1 aromatic rings. The molecule has 3 N–H and O–H groups in total. The predicted molar refractivity (Wildman–Crippen MR) is 68.4 cm³/mol. The van der Waals surface area contributed by atoms with Crippen molar-refractivity contribution in [3.8, 4) is 0 Å². The van der Waals surface area contributed by atoms with E-state index in [0.717, 1.165) is 25.8 Å². The number of piperidine rings is 1. The third-order valence-corrected chi connectivity index (χ3v) is 3.78. The van der Waals surface area contributed by atoms with E-state index < -0.39 is 0 Å². The number of nitrogens with two attached hydrogens (primary N) is 1. The number of benzene rings is 1. The summed E-state index contributed by atoms with van der Waals surface area (Å²) in [7, 11) is 0. The zero-order valence-corrected chi connectivity index (χ0v) is 10.2. The lowest BCUT2D eigenvalue weighted by Gasteiger charge is -2.37. The van der Waals surface area contributed by atoms with Gasteiger partial charge >= 0.3 is 0 Å². The molecule has 3 heteroatoms. The highest BCUT2D eigenvalue weighted by atomic mass is 19.1. The molecule has 0 radical (unpaired) electrons. The van der Waals surface area contributed by atoms with E-state index >= 15 is 0 Å². The van der Waals surface area contributed by atoms with Gasteiger partial charge in [0.2, 0.25) is 0 Å². The third-order valence-electron chi connectivity index (χ3n) is 3.78. The van der Waals surface area contributed by atoms with Gasteiger partial charge in [0.15, 0.2) is 0 Å². The molecule has 0 aromatic heterocycles. The van der Waals surface area contributed by atoms with Crippen LogP contribution in [0.1, 0.15) is 31.2 Å². The topological polar surface area (TPSA) is 38.0 Å². The van der Waals surface area contributed by atoms with E-state index in [-0.39, 0.29) is 11.4 Å². The molecule has 1 aliphatic heterocycles. The average molecular weight is 236 g/mol. The molecule has 0 spiro atoms. The number of nitrogens with one attached hydrogen (secondary N) is 1. The first-order chi connectivity index (χ1) is 8.24. The predicted octanol–water partition coefficient (Wildman–Crippen LogP) is 2.23. The maximum Gasteiger partial charge on any atom is 0.123 e. The minimum atomic E-state index is -0.168. The number of hydrogen-bond acceptors (Lipinski definition) is 2. The molecule has 1 saturated heterocycles. The smallest absolute Gasteiger partial charge is 0.123 e. The minimum Gasteiger partial charge on any atom is -0.329 e. The molecule has 0 amide bonds. The molecule has 0 bridgehead atoms. The molecule has 17 heavy (non-hydrogen) atoms. The number of hydrogen-bond donors (Lipinski definition) is 2. The summed E-state index contributed by atoms with van der Waals surface area (Å²) in [5, 5.41) is 3.56. The molecular formula is C14H21FN2. The SMILES string of the molecule is NCC1(CCc2ccc(F)cc2)CCCCN1. The van der Waals surface area contributed by atoms with Gasteiger partial charge in [-0.25, -0.2) is 4.39 Å². The van der Waals surface area contributed by atoms with Crippen LogP contribution in [0.25, 0.3) is 0 Å². The van der Waals surface area contributed by atoms with E-state index in [0.29, 0.717) is 6.54 Å². The summed E-state index contributed by atoms with van der Waals surface area (Å²) in [5.74, 6) is -0.168. The Morgan fingerprint density at radius 1 is 1.24 bits per heavy atom. The van der Waals surface area contributed by atoms with Crippen molar-refractivity contribution in [1.29, 1.82) is 0 Å². The molecule has 0 aliphatic carbocycles. The summed E-state index contributed by atoms with van der Waals surface area (Å²) in [5.41, 5.74) is 7.19. The summed E-state index contributed by atoms with van der Waals surface area (Å²) >= 11 is 0. The highest BCUT2D eigenvalue weighted by Gasteiger charge is 2.29. The van der Waals surface area contributed by atoms with E-state index in [9.17, 15) is 4.39 Å². The van der Waals surface area contributed by atoms with Crippen LogP contribution < -0.4 is 11.1 Å². The second-order valence-electron chi connectivity index (χ2n) is 4.99. The Morgan fingerprint density at radius 3 is 2.59 bits per heavy atom. The highest BCUT2D eigenvalue weighted by Crippen LogP contribution is 2.23. The largest absolute Gasteiger partial charge is 0.329 e. The first kappa shape index (κ1) is 12.5. The Bertz CT molecular complexity index is 342. The molecule has 1 fully saturated rings. The molecule has 2 nitrogen and oxygen atoms in total. The van der Waals surface area contributed by atoms with Gasteiger partial charge in [0.1, 0.15) is 5.82 Å². The van der Waals surface area contributed by atoms with E-state index in [1.807, 2.05) is 12.1 Å². The molecule has 1 atom stereocenters. The Hall–Kier alpha value is -0.930. The second kappa shape index (κ2) is 5.61. The van der Waals surface area contributed by atoms with Crippen molar-refractivity contribution in [1.82, 2.24) is 5.32 Å². The Kier molecular flexibility index (Phi) is 4.13. The van der Waals surface area contributed by atoms with E-state index in [1.165, 1.54) is 30.5 Å². The van der Waals surface area contributed by atoms with Crippen molar-refractivity contribution in [2.24, 2.45) is 5.73 Å².